The van der Waals surface area contributed by atoms with Crippen molar-refractivity contribution in [1.29, 1.82) is 0 Å². The number of carbonyl (C=O) groups is 2. The summed E-state index contributed by atoms with van der Waals surface area (Å²) in [4.78, 5) is 28.9. The number of amides is 1. The third-order valence-corrected chi connectivity index (χ3v) is 5.63. The van der Waals surface area contributed by atoms with E-state index in [-0.39, 0.29) is 12.3 Å². The number of carbonyl (C=O) groups excluding carboxylic acids is 1. The number of anilines is 2. The lowest BCUT2D eigenvalue weighted by atomic mass is 10.0. The van der Waals surface area contributed by atoms with E-state index in [4.69, 9.17) is 21.5 Å². The molecule has 0 radical (unpaired) electrons. The van der Waals surface area contributed by atoms with E-state index in [0.29, 0.717) is 22.0 Å². The first-order valence-electron chi connectivity index (χ1n) is 10.6. The maximum Gasteiger partial charge on any atom is 0.490 e. The predicted molar refractivity (Wildman–Crippen MR) is 137 cm³/mol. The van der Waals surface area contributed by atoms with Crippen molar-refractivity contribution in [2.24, 2.45) is 0 Å². The van der Waals surface area contributed by atoms with Gasteiger partial charge in [0.05, 0.1) is 12.7 Å². The zero-order valence-corrected chi connectivity index (χ0v) is 21.1. The Bertz CT molecular complexity index is 1570. The lowest BCUT2D eigenvalue weighted by molar-refractivity contribution is -0.192. The number of sulfonamides is 1. The minimum absolute atomic E-state index is 0.152. The monoisotopic (exact) mass is 568 g/mol. The molecule has 0 aliphatic carbocycles. The van der Waals surface area contributed by atoms with Crippen LogP contribution >= 0.6 is 11.6 Å². The van der Waals surface area contributed by atoms with E-state index in [1.165, 1.54) is 0 Å². The van der Waals surface area contributed by atoms with Crippen LogP contribution in [0.3, 0.4) is 0 Å². The highest BCUT2D eigenvalue weighted by molar-refractivity contribution is 7.92. The van der Waals surface area contributed by atoms with Crippen molar-refractivity contribution in [3.8, 4) is 11.1 Å². The van der Waals surface area contributed by atoms with Crippen LogP contribution in [-0.2, 0) is 26.0 Å². The smallest absolute Gasteiger partial charge is 0.475 e. The number of H-pyrrole nitrogens is 1. The second-order valence-electron chi connectivity index (χ2n) is 7.91. The average Bonchev–Trinajstić information content (AvgIpc) is 3.20. The maximum absolute atomic E-state index is 12.4. The predicted octanol–water partition coefficient (Wildman–Crippen LogP) is 5.07. The number of benzene rings is 2. The van der Waals surface area contributed by atoms with Crippen molar-refractivity contribution in [1.82, 2.24) is 9.97 Å². The normalized spacial score (nSPS) is 11.4. The van der Waals surface area contributed by atoms with E-state index in [2.05, 4.69) is 20.0 Å². The minimum atomic E-state index is -5.08. The van der Waals surface area contributed by atoms with Crippen LogP contribution < -0.4 is 10.0 Å². The molecule has 4 rings (SSSR count). The largest absolute Gasteiger partial charge is 0.490 e. The number of aromatic amines is 1. The number of aromatic nitrogens is 2. The molecule has 0 aliphatic heterocycles. The van der Waals surface area contributed by atoms with E-state index in [1.807, 2.05) is 24.3 Å². The number of carboxylic acids is 1. The van der Waals surface area contributed by atoms with Gasteiger partial charge in [-0.1, -0.05) is 29.8 Å². The fourth-order valence-corrected chi connectivity index (χ4v) is 4.06. The summed E-state index contributed by atoms with van der Waals surface area (Å²) in [5.74, 6) is -2.93. The van der Waals surface area contributed by atoms with Crippen molar-refractivity contribution in [3.63, 3.8) is 0 Å². The van der Waals surface area contributed by atoms with Crippen LogP contribution in [-0.4, -0.2) is 47.8 Å². The number of hydrogen-bond acceptors (Lipinski definition) is 5. The van der Waals surface area contributed by atoms with E-state index >= 15 is 0 Å². The van der Waals surface area contributed by atoms with Gasteiger partial charge >= 0.3 is 12.1 Å². The van der Waals surface area contributed by atoms with Crippen molar-refractivity contribution >= 4 is 55.9 Å². The zero-order valence-electron chi connectivity index (χ0n) is 19.5. The quantitative estimate of drug-likeness (QED) is 0.256. The Morgan fingerprint density at radius 2 is 1.71 bits per heavy atom. The molecule has 2 aromatic carbocycles. The number of rotatable bonds is 6. The number of halogens is 4. The molecule has 0 saturated heterocycles. The SMILES string of the molecule is CS(=O)(=O)Nc1ccc(-c2ccnc3[nH]c(CC(=O)Nc4cccc(Cl)c4)cc23)cc1.O=C(O)C(F)(F)F. The minimum Gasteiger partial charge on any atom is -0.475 e. The van der Waals surface area contributed by atoms with Gasteiger partial charge in [-0.15, -0.1) is 0 Å². The third kappa shape index (κ3) is 8.21. The lowest BCUT2D eigenvalue weighted by Crippen LogP contribution is -2.21. The summed E-state index contributed by atoms with van der Waals surface area (Å²) >= 11 is 5.96. The average molecular weight is 569 g/mol. The molecule has 38 heavy (non-hydrogen) atoms. The highest BCUT2D eigenvalue weighted by Gasteiger charge is 2.38. The standard InChI is InChI=1S/C22H19ClN4O3S.C2HF3O2/c1-31(29,30)27-16-7-5-14(6-8-16)19-9-10-24-22-20(19)12-18(26-22)13-21(28)25-17-4-2-3-15(23)11-17;3-2(4,5)1(6)7/h2-12,27H,13H2,1H3,(H,24,26)(H,25,28);(H,6,7). The molecule has 0 saturated carbocycles. The lowest BCUT2D eigenvalue weighted by Gasteiger charge is -2.06. The molecule has 0 spiro atoms. The van der Waals surface area contributed by atoms with Crippen LogP contribution in [0, 0.1) is 0 Å². The van der Waals surface area contributed by atoms with Gasteiger partial charge in [0.25, 0.3) is 0 Å². The molecule has 0 unspecified atom stereocenters. The molecule has 0 bridgehead atoms. The molecule has 1 amide bonds. The highest BCUT2D eigenvalue weighted by atomic mass is 35.5. The number of fused-ring (bicyclic) bond motifs is 1. The molecule has 2 aromatic heterocycles. The fourth-order valence-electron chi connectivity index (χ4n) is 3.30. The molecular formula is C24H20ClF3N4O5S. The number of alkyl halides is 3. The number of carboxylic acid groups (broad SMARTS) is 1. The van der Waals surface area contributed by atoms with Crippen LogP contribution in [0.25, 0.3) is 22.2 Å². The second-order valence-corrected chi connectivity index (χ2v) is 10.1. The van der Waals surface area contributed by atoms with Crippen LogP contribution in [0.2, 0.25) is 5.02 Å². The van der Waals surface area contributed by atoms with Gasteiger partial charge in [0.15, 0.2) is 0 Å². The van der Waals surface area contributed by atoms with Gasteiger partial charge in [0.2, 0.25) is 15.9 Å². The Morgan fingerprint density at radius 3 is 2.29 bits per heavy atom. The topological polar surface area (TPSA) is 141 Å². The molecule has 4 N–H and O–H groups in total. The molecule has 4 aromatic rings. The molecule has 14 heteroatoms. The fraction of sp³-hybridized carbons (Fsp3) is 0.125. The van der Waals surface area contributed by atoms with Crippen molar-refractivity contribution in [2.45, 2.75) is 12.6 Å². The van der Waals surface area contributed by atoms with E-state index in [0.717, 1.165) is 28.5 Å². The van der Waals surface area contributed by atoms with Gasteiger partial charge in [-0.05, 0) is 53.6 Å². The summed E-state index contributed by atoms with van der Waals surface area (Å²) in [7, 11) is -3.33. The summed E-state index contributed by atoms with van der Waals surface area (Å²) in [5.41, 5.74) is 4.35. The summed E-state index contributed by atoms with van der Waals surface area (Å²) < 4.78 is 57.0. The first-order valence-corrected chi connectivity index (χ1v) is 12.9. The third-order valence-electron chi connectivity index (χ3n) is 4.79. The summed E-state index contributed by atoms with van der Waals surface area (Å²) in [6.07, 6.45) is -2.14. The Labute approximate surface area is 219 Å². The van der Waals surface area contributed by atoms with Crippen LogP contribution in [0.15, 0.2) is 66.9 Å². The number of aliphatic carboxylic acids is 1. The van der Waals surface area contributed by atoms with Gasteiger partial charge in [-0.25, -0.2) is 18.2 Å². The van der Waals surface area contributed by atoms with Crippen LogP contribution in [0.1, 0.15) is 5.69 Å². The number of pyridine rings is 1. The Kier molecular flexibility index (Phi) is 8.63. The Morgan fingerprint density at radius 1 is 1.05 bits per heavy atom. The number of nitrogens with zero attached hydrogens (tertiary/aromatic N) is 1. The van der Waals surface area contributed by atoms with Gasteiger partial charge in [0, 0.05) is 33.7 Å². The van der Waals surface area contributed by atoms with E-state index < -0.39 is 22.2 Å². The first-order chi connectivity index (χ1) is 17.7. The van der Waals surface area contributed by atoms with E-state index in [1.54, 1.807) is 42.6 Å². The summed E-state index contributed by atoms with van der Waals surface area (Å²) in [6, 6.07) is 17.8. The highest BCUT2D eigenvalue weighted by Crippen LogP contribution is 2.29. The molecule has 200 valence electrons. The van der Waals surface area contributed by atoms with Gasteiger partial charge in [-0.3, -0.25) is 9.52 Å². The van der Waals surface area contributed by atoms with Crippen LogP contribution in [0.4, 0.5) is 24.5 Å². The molecule has 0 fully saturated rings. The Balaban J connectivity index is 0.000000505. The van der Waals surface area contributed by atoms with Gasteiger partial charge < -0.3 is 15.4 Å². The number of nitrogens with one attached hydrogen (secondary N) is 3. The van der Waals surface area contributed by atoms with E-state index in [9.17, 15) is 26.4 Å². The molecule has 0 aliphatic rings. The first kappa shape index (κ1) is 28.5. The van der Waals surface area contributed by atoms with Crippen molar-refractivity contribution in [3.05, 3.63) is 77.6 Å². The maximum atomic E-state index is 12.4. The number of hydrogen-bond donors (Lipinski definition) is 4. The van der Waals surface area contributed by atoms with Gasteiger partial charge in [0.1, 0.15) is 5.65 Å². The van der Waals surface area contributed by atoms with Crippen molar-refractivity contribution < 1.29 is 36.3 Å². The summed E-state index contributed by atoms with van der Waals surface area (Å²) in [6.45, 7) is 0. The zero-order chi connectivity index (χ0) is 28.1. The van der Waals surface area contributed by atoms with Gasteiger partial charge in [-0.2, -0.15) is 13.2 Å². The summed E-state index contributed by atoms with van der Waals surface area (Å²) in [5, 5.41) is 11.4. The molecule has 0 atom stereocenters. The molecule has 2 heterocycles. The van der Waals surface area contributed by atoms with Crippen molar-refractivity contribution in [2.75, 3.05) is 16.3 Å². The molecular weight excluding hydrogens is 549 g/mol. The van der Waals surface area contributed by atoms with Crippen LogP contribution in [0.5, 0.6) is 0 Å². The molecule has 9 nitrogen and oxygen atoms in total. The Hall–Kier alpha value is -4.10. The second kappa shape index (κ2) is 11.5.